The Morgan fingerprint density at radius 2 is 2.12 bits per heavy atom. The highest BCUT2D eigenvalue weighted by molar-refractivity contribution is 7.15. The maximum absolute atomic E-state index is 7.89. The van der Waals surface area contributed by atoms with Gasteiger partial charge in [0.15, 0.2) is 0 Å². The second-order valence-electron chi connectivity index (χ2n) is 8.86. The summed E-state index contributed by atoms with van der Waals surface area (Å²) in [6.45, 7) is 9.99. The lowest BCUT2D eigenvalue weighted by Gasteiger charge is -2.13. The van der Waals surface area contributed by atoms with Crippen molar-refractivity contribution in [3.63, 3.8) is 0 Å². The van der Waals surface area contributed by atoms with Crippen molar-refractivity contribution in [1.82, 2.24) is 25.1 Å². The van der Waals surface area contributed by atoms with Crippen LogP contribution in [-0.4, -0.2) is 64.0 Å². The molecule has 180 valence electrons. The Morgan fingerprint density at radius 1 is 1.26 bits per heavy atom. The van der Waals surface area contributed by atoms with Crippen LogP contribution in [0.3, 0.4) is 0 Å². The topological polar surface area (TPSA) is 107 Å². The predicted octanol–water partition coefficient (Wildman–Crippen LogP) is 3.82. The number of likely N-dealkylation sites (tertiary alicyclic amines) is 1. The van der Waals surface area contributed by atoms with Gasteiger partial charge in [-0.3, -0.25) is 4.98 Å². The van der Waals surface area contributed by atoms with Crippen molar-refractivity contribution in [3.05, 3.63) is 41.0 Å². The Labute approximate surface area is 205 Å². The van der Waals surface area contributed by atoms with Crippen LogP contribution in [0, 0.1) is 5.41 Å². The van der Waals surface area contributed by atoms with Gasteiger partial charge in [-0.05, 0) is 56.6 Å². The minimum atomic E-state index is 0.401. The van der Waals surface area contributed by atoms with Gasteiger partial charge in [0.25, 0.3) is 0 Å². The van der Waals surface area contributed by atoms with Gasteiger partial charge in [0.1, 0.15) is 10.8 Å². The van der Waals surface area contributed by atoms with E-state index in [1.165, 1.54) is 45.1 Å². The van der Waals surface area contributed by atoms with E-state index in [1.807, 2.05) is 24.4 Å². The zero-order valence-electron chi connectivity index (χ0n) is 20.1. The van der Waals surface area contributed by atoms with E-state index in [0.717, 1.165) is 51.8 Å². The van der Waals surface area contributed by atoms with Crippen molar-refractivity contribution < 1.29 is 5.32 Å². The number of nitrogens with one attached hydrogen (secondary N) is 2. The third-order valence-corrected chi connectivity index (χ3v) is 7.39. The van der Waals surface area contributed by atoms with Crippen molar-refractivity contribution in [2.24, 2.45) is 0 Å². The van der Waals surface area contributed by atoms with Gasteiger partial charge in [-0.1, -0.05) is 25.2 Å². The first-order chi connectivity index (χ1) is 16.7. The molecule has 3 aromatic rings. The summed E-state index contributed by atoms with van der Waals surface area (Å²) in [6, 6.07) is 5.86. The summed E-state index contributed by atoms with van der Waals surface area (Å²) in [7, 11) is 0. The van der Waals surface area contributed by atoms with E-state index in [9.17, 15) is 0 Å². The number of hydrogen-bond donors (Lipinski definition) is 3. The molecular weight excluding hydrogens is 444 g/mol. The second-order valence-corrected chi connectivity index (χ2v) is 9.87. The lowest BCUT2D eigenvalue weighted by molar-refractivity contribution is -0.646. The fraction of sp³-hybridized carbons (Fsp3) is 0.480. The molecule has 0 aromatic carbocycles. The Hall–Kier alpha value is -2.75. The van der Waals surface area contributed by atoms with Crippen LogP contribution in [0.5, 0.6) is 0 Å². The van der Waals surface area contributed by atoms with Crippen LogP contribution in [0.15, 0.2) is 30.5 Å². The molecule has 1 unspecified atom stereocenters. The fourth-order valence-corrected chi connectivity index (χ4v) is 4.94. The molecule has 9 heteroatoms. The highest BCUT2D eigenvalue weighted by atomic mass is 32.1. The van der Waals surface area contributed by atoms with Crippen LogP contribution in [0.2, 0.25) is 0 Å². The van der Waals surface area contributed by atoms with Gasteiger partial charge in [0, 0.05) is 42.4 Å². The molecule has 3 aromatic heterocycles. The van der Waals surface area contributed by atoms with Gasteiger partial charge in [0.2, 0.25) is 5.13 Å². The summed E-state index contributed by atoms with van der Waals surface area (Å²) in [4.78, 5) is 11.8. The highest BCUT2D eigenvalue weighted by Crippen LogP contribution is 2.27. The fourth-order valence-electron chi connectivity index (χ4n) is 4.06. The predicted molar refractivity (Wildman–Crippen MR) is 140 cm³/mol. The number of hydrogen-bond acceptors (Lipinski definition) is 8. The Bertz CT molecular complexity index is 1120. The standard InChI is InChI=1S/C25H34N8S/c1-3-18(2)24-31-32-25(34-24)30-23-8-7-21-22(29-23)15-20(17-28-21)19(16-26)9-11-27-10-6-14-33-12-4-5-13-33/h7-9,15-18,26-27H,3-6,10-14H2,1-2H3,(H,29,30,32)/p+1. The lowest BCUT2D eigenvalue weighted by atomic mass is 10.1. The lowest BCUT2D eigenvalue weighted by Crippen LogP contribution is -2.84. The number of nitrogens with zero attached hydrogens (tertiary/aromatic N) is 5. The summed E-state index contributed by atoms with van der Waals surface area (Å²) in [6.07, 6.45) is 10.3. The zero-order chi connectivity index (χ0) is 23.8. The molecule has 1 aliphatic rings. The SMILES string of the molecule is CCC(C)c1nnc(Nc2ccc3ncc(C(C=N)=CC[NH2+]CCCN4CCCC4)cc3n2)s1. The van der Waals surface area contributed by atoms with Gasteiger partial charge in [-0.15, -0.1) is 10.2 Å². The number of allylic oxidation sites excluding steroid dienone is 1. The molecule has 1 aliphatic heterocycles. The first kappa shape index (κ1) is 24.4. The van der Waals surface area contributed by atoms with Gasteiger partial charge in [-0.25, -0.2) is 4.98 Å². The second kappa shape index (κ2) is 12.1. The van der Waals surface area contributed by atoms with Gasteiger partial charge in [-0.2, -0.15) is 0 Å². The van der Waals surface area contributed by atoms with Crippen molar-refractivity contribution in [2.45, 2.75) is 45.4 Å². The molecule has 0 spiro atoms. The molecular formula is C25H35N8S+. The van der Waals surface area contributed by atoms with E-state index in [2.05, 4.69) is 50.6 Å². The molecule has 0 radical (unpaired) electrons. The van der Waals surface area contributed by atoms with Crippen molar-refractivity contribution in [1.29, 1.82) is 5.41 Å². The maximum atomic E-state index is 7.89. The van der Waals surface area contributed by atoms with E-state index in [4.69, 9.17) is 10.4 Å². The van der Waals surface area contributed by atoms with Crippen molar-refractivity contribution in [2.75, 3.05) is 38.0 Å². The maximum Gasteiger partial charge on any atom is 0.211 e. The van der Waals surface area contributed by atoms with E-state index in [0.29, 0.717) is 11.7 Å². The van der Waals surface area contributed by atoms with E-state index < -0.39 is 0 Å². The molecule has 0 saturated carbocycles. The molecule has 1 saturated heterocycles. The zero-order valence-corrected chi connectivity index (χ0v) is 20.9. The smallest absolute Gasteiger partial charge is 0.211 e. The number of anilines is 2. The molecule has 0 bridgehead atoms. The molecule has 34 heavy (non-hydrogen) atoms. The summed E-state index contributed by atoms with van der Waals surface area (Å²) >= 11 is 1.57. The molecule has 0 amide bonds. The number of fused-ring (bicyclic) bond motifs is 1. The molecule has 1 atom stereocenters. The normalized spacial score (nSPS) is 15.6. The average molecular weight is 480 g/mol. The number of aromatic nitrogens is 4. The summed E-state index contributed by atoms with van der Waals surface area (Å²) in [5, 5.41) is 23.8. The third kappa shape index (κ3) is 6.43. The van der Waals surface area contributed by atoms with Gasteiger partial charge in [0.05, 0.1) is 24.1 Å². The van der Waals surface area contributed by atoms with E-state index >= 15 is 0 Å². The van der Waals surface area contributed by atoms with Crippen molar-refractivity contribution >= 4 is 45.1 Å². The highest BCUT2D eigenvalue weighted by Gasteiger charge is 2.12. The van der Waals surface area contributed by atoms with Crippen LogP contribution in [0.4, 0.5) is 10.9 Å². The molecule has 8 nitrogen and oxygen atoms in total. The summed E-state index contributed by atoms with van der Waals surface area (Å²) in [5.74, 6) is 1.11. The molecule has 1 fully saturated rings. The van der Waals surface area contributed by atoms with Crippen LogP contribution >= 0.6 is 11.3 Å². The van der Waals surface area contributed by atoms with Gasteiger partial charge >= 0.3 is 0 Å². The Kier molecular flexibility index (Phi) is 8.67. The first-order valence-electron chi connectivity index (χ1n) is 12.3. The minimum Gasteiger partial charge on any atom is -0.343 e. The van der Waals surface area contributed by atoms with E-state index in [1.54, 1.807) is 11.3 Å². The first-order valence-corrected chi connectivity index (χ1v) is 13.1. The van der Waals surface area contributed by atoms with Crippen molar-refractivity contribution in [3.8, 4) is 0 Å². The minimum absolute atomic E-state index is 0.401. The Balaban J connectivity index is 1.37. The summed E-state index contributed by atoms with van der Waals surface area (Å²) < 4.78 is 0. The van der Waals surface area contributed by atoms with Crippen LogP contribution in [0.1, 0.15) is 56.0 Å². The number of rotatable bonds is 12. The largest absolute Gasteiger partial charge is 0.343 e. The molecule has 4 N–H and O–H groups in total. The number of quaternary nitrogens is 1. The van der Waals surface area contributed by atoms with Crippen LogP contribution in [0.25, 0.3) is 16.6 Å². The molecule has 4 heterocycles. The summed E-state index contributed by atoms with van der Waals surface area (Å²) in [5.41, 5.74) is 3.39. The van der Waals surface area contributed by atoms with Gasteiger partial charge < -0.3 is 20.9 Å². The van der Waals surface area contributed by atoms with Crippen LogP contribution < -0.4 is 10.6 Å². The average Bonchev–Trinajstić information content (AvgIpc) is 3.55. The monoisotopic (exact) mass is 479 g/mol. The Morgan fingerprint density at radius 3 is 2.91 bits per heavy atom. The quantitative estimate of drug-likeness (QED) is 0.269. The molecule has 4 rings (SSSR count). The number of nitrogens with two attached hydrogens (primary N) is 1. The molecule has 0 aliphatic carbocycles. The number of pyridine rings is 2. The third-order valence-electron chi connectivity index (χ3n) is 6.32. The van der Waals surface area contributed by atoms with Crippen LogP contribution in [-0.2, 0) is 0 Å². The van der Waals surface area contributed by atoms with E-state index in [-0.39, 0.29) is 0 Å².